The average molecular weight is 1480 g/mol. The molecule has 5 amide bonds. The molecule has 2 aromatic rings. The second-order valence-corrected chi connectivity index (χ2v) is 18.3. The third-order valence-electron chi connectivity index (χ3n) is 7.63. The summed E-state index contributed by atoms with van der Waals surface area (Å²) in [6.07, 6.45) is -5.51. The molecule has 25 heteroatoms. The minimum atomic E-state index is -1.39. The number of carbonyl (C=O) groups is 6. The van der Waals surface area contributed by atoms with Crippen molar-refractivity contribution >= 4 is 183 Å². The van der Waals surface area contributed by atoms with E-state index in [9.17, 15) is 64.5 Å². The first-order chi connectivity index (χ1) is 26.8. The zero-order valence-electron chi connectivity index (χ0n) is 29.2. The first-order valence-electron chi connectivity index (χ1n) is 16.3. The number of ketones is 1. The van der Waals surface area contributed by atoms with Crippen molar-refractivity contribution in [1.29, 1.82) is 0 Å². The monoisotopic (exact) mass is 1480 g/mol. The summed E-state index contributed by atoms with van der Waals surface area (Å²) in [6.45, 7) is -4.32. The molecule has 0 saturated heterocycles. The number of carbonyl (C=O) groups excluding carboxylic acids is 6. The van der Waals surface area contributed by atoms with Crippen molar-refractivity contribution in [2.45, 2.75) is 37.3 Å². The molecule has 0 spiro atoms. The minimum Gasteiger partial charge on any atom is -0.394 e. The molecule has 0 radical (unpaired) electrons. The molecule has 19 nitrogen and oxygen atoms in total. The van der Waals surface area contributed by atoms with E-state index in [0.717, 1.165) is 4.90 Å². The molecule has 0 bridgehead atoms. The number of nitrogens with zero attached hydrogens (tertiary/aromatic N) is 1. The van der Waals surface area contributed by atoms with Gasteiger partial charge in [0.2, 0.25) is 12.3 Å². The molecule has 2 aromatic carbocycles. The van der Waals surface area contributed by atoms with Gasteiger partial charge in [-0.15, -0.1) is 0 Å². The summed E-state index contributed by atoms with van der Waals surface area (Å²) >= 11 is 10.7. The number of nitrogens with one attached hydrogen (secondary N) is 4. The number of benzene rings is 2. The molecular formula is C32H37I6N5O14. The van der Waals surface area contributed by atoms with Crippen molar-refractivity contribution in [3.8, 4) is 0 Å². The summed E-state index contributed by atoms with van der Waals surface area (Å²) in [6, 6.07) is 0. The van der Waals surface area contributed by atoms with E-state index in [1.54, 1.807) is 136 Å². The van der Waals surface area contributed by atoms with Gasteiger partial charge in [-0.25, -0.2) is 0 Å². The standard InChI is InChI=1S/C32H37I6N5O14/c33-22-18(24(35)28(42-17(54)10-47)25(36)19(22)30(55)39-3-13(50)7-44)16(53)2-1-12(49)6-43(11-48)29-26(37)20(31(56)40-4-14(51)8-45)23(34)21(27(29)38)32(57)41-5-15(52)9-46/h11-15,44-47,49-52H,1-10H2,(H,39,55)(H,40,56)(H,41,57)(H,42,54). The van der Waals surface area contributed by atoms with E-state index in [1.165, 1.54) is 0 Å². The number of rotatable bonds is 22. The summed E-state index contributed by atoms with van der Waals surface area (Å²) in [5, 5.41) is 87.4. The van der Waals surface area contributed by atoms with Crippen LogP contribution in [0.1, 0.15) is 54.3 Å². The Bertz CT molecular complexity index is 1790. The second-order valence-electron chi connectivity index (χ2n) is 11.8. The number of aliphatic hydroxyl groups is 8. The molecule has 0 aliphatic rings. The number of aliphatic hydroxyl groups excluding tert-OH is 8. The van der Waals surface area contributed by atoms with E-state index in [1.807, 2.05) is 0 Å². The van der Waals surface area contributed by atoms with Crippen LogP contribution in [-0.4, -0.2) is 154 Å². The minimum absolute atomic E-state index is 0.00262. The average Bonchev–Trinajstić information content (AvgIpc) is 3.17. The summed E-state index contributed by atoms with van der Waals surface area (Å²) in [4.78, 5) is 79.8. The lowest BCUT2D eigenvalue weighted by Crippen LogP contribution is -2.38. The summed E-state index contributed by atoms with van der Waals surface area (Å²) in [5.74, 6) is -3.69. The Morgan fingerprint density at radius 3 is 1.35 bits per heavy atom. The lowest BCUT2D eigenvalue weighted by molar-refractivity contribution is -0.118. The maximum Gasteiger partial charge on any atom is 0.253 e. The van der Waals surface area contributed by atoms with Crippen LogP contribution in [0.4, 0.5) is 11.4 Å². The van der Waals surface area contributed by atoms with Gasteiger partial charge in [0.1, 0.15) is 6.61 Å². The Hall–Kier alpha value is -0.480. The second kappa shape index (κ2) is 25.5. The highest BCUT2D eigenvalue weighted by molar-refractivity contribution is 14.1. The van der Waals surface area contributed by atoms with Crippen LogP contribution in [0.15, 0.2) is 0 Å². The Balaban J connectivity index is 2.56. The van der Waals surface area contributed by atoms with E-state index >= 15 is 0 Å². The molecule has 4 atom stereocenters. The topological polar surface area (TPSA) is 316 Å². The van der Waals surface area contributed by atoms with Gasteiger partial charge in [0.15, 0.2) is 5.78 Å². The first kappa shape index (κ1) is 52.7. The van der Waals surface area contributed by atoms with Crippen LogP contribution in [0.2, 0.25) is 0 Å². The lowest BCUT2D eigenvalue weighted by atomic mass is 10.00. The fourth-order valence-electron chi connectivity index (χ4n) is 4.72. The molecule has 2 rings (SSSR count). The van der Waals surface area contributed by atoms with E-state index in [2.05, 4.69) is 21.3 Å². The zero-order valence-corrected chi connectivity index (χ0v) is 42.1. The lowest BCUT2D eigenvalue weighted by Gasteiger charge is -2.27. The number of anilines is 2. The molecular weight excluding hydrogens is 1440 g/mol. The number of hydrogen-bond acceptors (Lipinski definition) is 14. The van der Waals surface area contributed by atoms with E-state index in [0.29, 0.717) is 6.41 Å². The third-order valence-corrected chi connectivity index (χ3v) is 14.0. The van der Waals surface area contributed by atoms with Gasteiger partial charge in [-0.05, 0) is 142 Å². The number of Topliss-reactive ketones (excluding diaryl/α,β-unsaturated/α-hetero) is 1. The van der Waals surface area contributed by atoms with Crippen LogP contribution in [0.25, 0.3) is 0 Å². The van der Waals surface area contributed by atoms with E-state index < -0.39 is 86.8 Å². The maximum absolute atomic E-state index is 13.8. The Kier molecular flexibility index (Phi) is 23.5. The molecule has 0 saturated carbocycles. The predicted octanol–water partition coefficient (Wildman–Crippen LogP) is -0.519. The van der Waals surface area contributed by atoms with Gasteiger partial charge in [-0.2, -0.15) is 0 Å². The van der Waals surface area contributed by atoms with Crippen LogP contribution in [0.5, 0.6) is 0 Å². The fourth-order valence-corrected chi connectivity index (χ4v) is 14.0. The highest BCUT2D eigenvalue weighted by atomic mass is 127. The van der Waals surface area contributed by atoms with Gasteiger partial charge in [0.25, 0.3) is 17.7 Å². The number of hydrogen-bond donors (Lipinski definition) is 12. The molecule has 0 aliphatic heterocycles. The molecule has 0 fully saturated rings. The fraction of sp³-hybridized carbons (Fsp3) is 0.438. The quantitative estimate of drug-likeness (QED) is 0.0402. The van der Waals surface area contributed by atoms with Crippen molar-refractivity contribution in [3.63, 3.8) is 0 Å². The van der Waals surface area contributed by atoms with Crippen LogP contribution in [-0.2, 0) is 9.59 Å². The maximum atomic E-state index is 13.8. The normalized spacial score (nSPS) is 13.2. The van der Waals surface area contributed by atoms with Gasteiger partial charge in [0.05, 0.1) is 89.6 Å². The van der Waals surface area contributed by atoms with Crippen molar-refractivity contribution in [1.82, 2.24) is 16.0 Å². The van der Waals surface area contributed by atoms with Gasteiger partial charge in [-0.3, -0.25) is 28.8 Å². The van der Waals surface area contributed by atoms with Crippen LogP contribution in [0.3, 0.4) is 0 Å². The summed E-state index contributed by atoms with van der Waals surface area (Å²) in [7, 11) is 0. The molecule has 57 heavy (non-hydrogen) atoms. The Morgan fingerprint density at radius 2 is 0.965 bits per heavy atom. The van der Waals surface area contributed by atoms with E-state index in [4.69, 9.17) is 5.11 Å². The highest BCUT2D eigenvalue weighted by Crippen LogP contribution is 2.39. The van der Waals surface area contributed by atoms with Crippen LogP contribution >= 0.6 is 136 Å². The van der Waals surface area contributed by atoms with E-state index in [-0.39, 0.29) is 87.5 Å². The van der Waals surface area contributed by atoms with Crippen LogP contribution < -0.4 is 26.2 Å². The first-order valence-corrected chi connectivity index (χ1v) is 22.7. The van der Waals surface area contributed by atoms with Crippen molar-refractivity contribution < 1.29 is 69.6 Å². The Morgan fingerprint density at radius 1 is 0.579 bits per heavy atom. The summed E-state index contributed by atoms with van der Waals surface area (Å²) < 4.78 is 1.07. The molecule has 4 unspecified atom stereocenters. The molecule has 0 aliphatic carbocycles. The van der Waals surface area contributed by atoms with Gasteiger partial charge >= 0.3 is 0 Å². The van der Waals surface area contributed by atoms with Crippen molar-refractivity contribution in [2.75, 3.05) is 62.8 Å². The molecule has 0 heterocycles. The SMILES string of the molecule is O=CN(CC(O)CCC(=O)c1c(I)c(NC(=O)CO)c(I)c(C(=O)NCC(O)CO)c1I)c1c(I)c(C(=O)NCC(O)CO)c(I)c(C(=O)NCC(O)CO)c1I. The van der Waals surface area contributed by atoms with Gasteiger partial charge in [0, 0.05) is 42.3 Å². The Labute approximate surface area is 407 Å². The summed E-state index contributed by atoms with van der Waals surface area (Å²) in [5.41, 5.74) is -0.116. The molecule has 316 valence electrons. The number of halogens is 6. The van der Waals surface area contributed by atoms with Crippen molar-refractivity contribution in [3.05, 3.63) is 43.7 Å². The highest BCUT2D eigenvalue weighted by Gasteiger charge is 2.32. The molecule has 0 aromatic heterocycles. The van der Waals surface area contributed by atoms with Gasteiger partial charge < -0.3 is 67.0 Å². The van der Waals surface area contributed by atoms with Crippen molar-refractivity contribution in [2.24, 2.45) is 0 Å². The molecule has 12 N–H and O–H groups in total. The largest absolute Gasteiger partial charge is 0.394 e. The zero-order chi connectivity index (χ0) is 43.3. The predicted molar refractivity (Wildman–Crippen MR) is 254 cm³/mol. The van der Waals surface area contributed by atoms with Gasteiger partial charge in [-0.1, -0.05) is 0 Å². The third kappa shape index (κ3) is 14.3. The number of amides is 5. The van der Waals surface area contributed by atoms with Crippen LogP contribution in [0, 0.1) is 21.4 Å². The smallest absolute Gasteiger partial charge is 0.253 e.